The molecular weight excluding hydrogens is 578 g/mol. The van der Waals surface area contributed by atoms with Gasteiger partial charge in [-0.05, 0) is 48.5 Å². The number of aromatic nitrogens is 3. The van der Waals surface area contributed by atoms with Crippen LogP contribution in [-0.4, -0.2) is 38.5 Å². The lowest BCUT2D eigenvalue weighted by Gasteiger charge is -2.21. The Morgan fingerprint density at radius 2 is 1.77 bits per heavy atom. The van der Waals surface area contributed by atoms with Gasteiger partial charge in [-0.2, -0.15) is 18.3 Å². The van der Waals surface area contributed by atoms with E-state index in [0.29, 0.717) is 21.9 Å². The fourth-order valence-electron chi connectivity index (χ4n) is 5.20. The maximum absolute atomic E-state index is 14.2. The van der Waals surface area contributed by atoms with Gasteiger partial charge in [0.1, 0.15) is 29.7 Å². The molecule has 2 aromatic heterocycles. The third-order valence-corrected chi connectivity index (χ3v) is 7.00. The van der Waals surface area contributed by atoms with E-state index >= 15 is 0 Å². The monoisotopic (exact) mass is 602 g/mol. The molecule has 224 valence electrons. The highest BCUT2D eigenvalue weighted by atomic mass is 19.4. The van der Waals surface area contributed by atoms with Crippen molar-refractivity contribution in [1.82, 2.24) is 25.0 Å². The number of primary amides is 1. The number of hydrogen-bond acceptors (Lipinski definition) is 5. The number of benzene rings is 2. The number of rotatable bonds is 8. The first-order valence-corrected chi connectivity index (χ1v) is 12.9. The summed E-state index contributed by atoms with van der Waals surface area (Å²) in [5.41, 5.74) is 5.06. The van der Waals surface area contributed by atoms with Gasteiger partial charge in [-0.3, -0.25) is 24.2 Å². The zero-order chi connectivity index (χ0) is 31.1. The van der Waals surface area contributed by atoms with Crippen LogP contribution in [0, 0.1) is 17.5 Å². The van der Waals surface area contributed by atoms with E-state index in [2.05, 4.69) is 15.4 Å². The van der Waals surface area contributed by atoms with E-state index in [0.717, 1.165) is 18.2 Å². The van der Waals surface area contributed by atoms with E-state index in [1.165, 1.54) is 18.3 Å². The second-order valence-corrected chi connectivity index (χ2v) is 10.2. The van der Waals surface area contributed by atoms with E-state index in [9.17, 15) is 35.9 Å². The summed E-state index contributed by atoms with van der Waals surface area (Å²) >= 11 is 0. The molecule has 8 nitrogen and oxygen atoms in total. The molecule has 0 fully saturated rings. The van der Waals surface area contributed by atoms with Gasteiger partial charge in [-0.15, -0.1) is 0 Å². The maximum Gasteiger partial charge on any atom is 0.433 e. The van der Waals surface area contributed by atoms with Crippen molar-refractivity contribution in [3.05, 3.63) is 106 Å². The highest BCUT2D eigenvalue weighted by molar-refractivity contribution is 5.94. The fourth-order valence-corrected chi connectivity index (χ4v) is 5.20. The smallest absolute Gasteiger partial charge is 0.366 e. The number of nitrogens with two attached hydrogens (primary N) is 1. The number of carbonyl (C=O) groups is 2. The molecule has 0 saturated heterocycles. The van der Waals surface area contributed by atoms with Gasteiger partial charge in [0.25, 0.3) is 5.91 Å². The lowest BCUT2D eigenvalue weighted by atomic mass is 9.95. The van der Waals surface area contributed by atoms with E-state index in [4.69, 9.17) is 5.73 Å². The van der Waals surface area contributed by atoms with Crippen molar-refractivity contribution < 1.29 is 35.9 Å². The minimum Gasteiger partial charge on any atom is -0.366 e. The van der Waals surface area contributed by atoms with Crippen molar-refractivity contribution in [2.24, 2.45) is 5.73 Å². The van der Waals surface area contributed by atoms with E-state index < -0.39 is 53.7 Å². The summed E-state index contributed by atoms with van der Waals surface area (Å²) in [4.78, 5) is 30.9. The van der Waals surface area contributed by atoms with Crippen molar-refractivity contribution in [2.75, 3.05) is 7.05 Å². The third-order valence-electron chi connectivity index (χ3n) is 7.00. The van der Waals surface area contributed by atoms with Crippen molar-refractivity contribution in [2.45, 2.75) is 38.3 Å². The van der Waals surface area contributed by atoms with Crippen LogP contribution >= 0.6 is 0 Å². The molecule has 0 saturated carbocycles. The molecule has 2 amide bonds. The topological polar surface area (TPSA) is 106 Å². The summed E-state index contributed by atoms with van der Waals surface area (Å²) < 4.78 is 85.1. The van der Waals surface area contributed by atoms with Gasteiger partial charge >= 0.3 is 6.18 Å². The van der Waals surface area contributed by atoms with Crippen molar-refractivity contribution in [3.8, 4) is 11.1 Å². The van der Waals surface area contributed by atoms with Gasteiger partial charge in [-0.1, -0.05) is 12.1 Å². The van der Waals surface area contributed by atoms with Crippen LogP contribution < -0.4 is 11.1 Å². The molecule has 2 aromatic carbocycles. The largest absolute Gasteiger partial charge is 0.433 e. The molecule has 4 aromatic rings. The molecule has 3 heterocycles. The minimum absolute atomic E-state index is 0.0139. The van der Waals surface area contributed by atoms with Crippen LogP contribution in [0.1, 0.15) is 44.6 Å². The van der Waals surface area contributed by atoms with Gasteiger partial charge in [0.05, 0.1) is 23.0 Å². The molecule has 3 N–H and O–H groups in total. The Hall–Kier alpha value is -4.72. The average Bonchev–Trinajstić information content (AvgIpc) is 3.42. The van der Waals surface area contributed by atoms with E-state index in [1.807, 2.05) is 0 Å². The van der Waals surface area contributed by atoms with Crippen LogP contribution in [0.25, 0.3) is 11.1 Å². The number of alkyl halides is 3. The van der Waals surface area contributed by atoms with E-state index in [1.54, 1.807) is 24.1 Å². The average molecular weight is 603 g/mol. The number of nitrogens with zero attached hydrogens (tertiary/aromatic N) is 4. The predicted molar refractivity (Wildman–Crippen MR) is 141 cm³/mol. The van der Waals surface area contributed by atoms with Crippen LogP contribution in [-0.2, 0) is 37.0 Å². The second kappa shape index (κ2) is 11.5. The summed E-state index contributed by atoms with van der Waals surface area (Å²) in [6.07, 6.45) is -3.54. The molecule has 0 aliphatic carbocycles. The molecule has 1 unspecified atom stereocenters. The summed E-state index contributed by atoms with van der Waals surface area (Å²) in [5.74, 6) is -4.61. The number of pyridine rings is 1. The molecule has 1 aliphatic rings. The summed E-state index contributed by atoms with van der Waals surface area (Å²) in [6, 6.07) is 8.26. The van der Waals surface area contributed by atoms with E-state index in [-0.39, 0.29) is 47.6 Å². The zero-order valence-corrected chi connectivity index (χ0v) is 22.6. The van der Waals surface area contributed by atoms with Crippen LogP contribution in [0.4, 0.5) is 26.3 Å². The van der Waals surface area contributed by atoms with Crippen LogP contribution in [0.2, 0.25) is 0 Å². The highest BCUT2D eigenvalue weighted by Crippen LogP contribution is 2.37. The Morgan fingerprint density at radius 3 is 2.44 bits per heavy atom. The molecular formula is C29H24F6N6O2. The first kappa shape index (κ1) is 29.8. The molecule has 5 rings (SSSR count). The molecule has 1 atom stereocenters. The lowest BCUT2D eigenvalue weighted by molar-refractivity contribution is -0.145. The number of nitrogens with one attached hydrogen (secondary N) is 1. The number of halogens is 6. The van der Waals surface area contributed by atoms with Crippen molar-refractivity contribution in [1.29, 1.82) is 0 Å². The Balaban J connectivity index is 1.49. The molecule has 0 spiro atoms. The highest BCUT2D eigenvalue weighted by Gasteiger charge is 2.42. The second-order valence-electron chi connectivity index (χ2n) is 10.2. The molecule has 1 aliphatic heterocycles. The molecule has 0 radical (unpaired) electrons. The zero-order valence-electron chi connectivity index (χ0n) is 22.6. The number of fused-ring (bicyclic) bond motifs is 1. The van der Waals surface area contributed by atoms with Crippen LogP contribution in [0.3, 0.4) is 0 Å². The van der Waals surface area contributed by atoms with Gasteiger partial charge in [-0.25, -0.2) is 13.2 Å². The van der Waals surface area contributed by atoms with Gasteiger partial charge in [0, 0.05) is 42.9 Å². The Kier molecular flexibility index (Phi) is 7.97. The lowest BCUT2D eigenvalue weighted by Crippen LogP contribution is -2.34. The van der Waals surface area contributed by atoms with Crippen molar-refractivity contribution in [3.63, 3.8) is 0 Å². The first-order chi connectivity index (χ1) is 20.3. The maximum atomic E-state index is 14.2. The quantitative estimate of drug-likeness (QED) is 0.289. The summed E-state index contributed by atoms with van der Waals surface area (Å²) in [6.45, 7) is -0.614. The van der Waals surface area contributed by atoms with Gasteiger partial charge in [0.15, 0.2) is 0 Å². The molecule has 0 bridgehead atoms. The molecule has 43 heavy (non-hydrogen) atoms. The SMILES string of the molecule is CN1Cc2nn(CC(=O)NC(Cc3ncccc3-c3ccc(F)c(C(N)=O)c3)c3cc(F)cc(F)c3)c(C(F)(F)F)c2C1. The number of amides is 2. The Bertz CT molecular complexity index is 1700. The fraction of sp³-hybridized carbons (Fsp3) is 0.241. The number of carbonyl (C=O) groups excluding carboxylic acids is 2. The first-order valence-electron chi connectivity index (χ1n) is 12.9. The third kappa shape index (κ3) is 6.38. The Labute approximate surface area is 241 Å². The molecule has 14 heteroatoms. The van der Waals surface area contributed by atoms with Crippen LogP contribution in [0.15, 0.2) is 54.7 Å². The number of hydrogen-bond donors (Lipinski definition) is 2. The summed E-state index contributed by atoms with van der Waals surface area (Å²) in [7, 11) is 1.65. The predicted octanol–water partition coefficient (Wildman–Crippen LogP) is 4.53. The Morgan fingerprint density at radius 1 is 1.05 bits per heavy atom. The normalized spacial score (nSPS) is 14.0. The van der Waals surface area contributed by atoms with Gasteiger partial charge in [0.2, 0.25) is 5.91 Å². The van der Waals surface area contributed by atoms with Gasteiger partial charge < -0.3 is 11.1 Å². The van der Waals surface area contributed by atoms with Crippen LogP contribution in [0.5, 0.6) is 0 Å². The summed E-state index contributed by atoms with van der Waals surface area (Å²) in [5, 5.41) is 6.59. The minimum atomic E-state index is -4.78. The standard InChI is InChI=1S/C29H24F6N6O2/c1-40-12-21-25(13-40)39-41(27(21)29(33,34)35)14-26(42)38-23(16-7-17(30)10-18(31)8-16)11-24-19(3-2-6-37-24)15-4-5-22(32)20(9-15)28(36)43/h2-10,23H,11-14H2,1H3,(H2,36,43)(H,38,42). The van der Waals surface area contributed by atoms with Crippen molar-refractivity contribution >= 4 is 11.8 Å².